The standard InChI is InChI=1S/C13H19NO2S/c1-3-9-14-13(15)11(2)17(16)10-12-7-5-4-6-8-12/h4-8,11H,3,9-10H2,1-2H3,(H,14,15)/t11-,17+/m0/s1. The van der Waals surface area contributed by atoms with E-state index in [1.165, 1.54) is 0 Å². The second-order valence-corrected chi connectivity index (χ2v) is 5.70. The van der Waals surface area contributed by atoms with Crippen LogP contribution in [-0.4, -0.2) is 21.9 Å². The van der Waals surface area contributed by atoms with E-state index in [1.807, 2.05) is 37.3 Å². The summed E-state index contributed by atoms with van der Waals surface area (Å²) in [5.41, 5.74) is 1.00. The van der Waals surface area contributed by atoms with Gasteiger partial charge in [-0.05, 0) is 18.9 Å². The summed E-state index contributed by atoms with van der Waals surface area (Å²) in [5, 5.41) is 2.31. The lowest BCUT2D eigenvalue weighted by Crippen LogP contribution is -2.36. The molecule has 0 aromatic heterocycles. The minimum absolute atomic E-state index is 0.124. The van der Waals surface area contributed by atoms with Gasteiger partial charge in [0.25, 0.3) is 0 Å². The second-order valence-electron chi connectivity index (χ2n) is 3.94. The van der Waals surface area contributed by atoms with Crippen LogP contribution in [-0.2, 0) is 21.3 Å². The first-order valence-corrected chi connectivity index (χ1v) is 7.22. The van der Waals surface area contributed by atoms with E-state index in [0.29, 0.717) is 12.3 Å². The summed E-state index contributed by atoms with van der Waals surface area (Å²) in [4.78, 5) is 11.6. The first kappa shape index (κ1) is 13.9. The monoisotopic (exact) mass is 253 g/mol. The van der Waals surface area contributed by atoms with Crippen LogP contribution in [0.4, 0.5) is 0 Å². The Morgan fingerprint density at radius 1 is 1.35 bits per heavy atom. The molecule has 0 spiro atoms. The predicted octanol–water partition coefficient (Wildman–Crippen LogP) is 1.85. The Hall–Kier alpha value is -1.16. The lowest BCUT2D eigenvalue weighted by atomic mass is 10.2. The maximum atomic E-state index is 12.0. The Labute approximate surface area is 105 Å². The molecule has 0 fully saturated rings. The van der Waals surface area contributed by atoms with Crippen LogP contribution in [0.15, 0.2) is 30.3 Å². The fourth-order valence-corrected chi connectivity index (χ4v) is 2.47. The van der Waals surface area contributed by atoms with Crippen LogP contribution in [0.2, 0.25) is 0 Å². The molecule has 1 N–H and O–H groups in total. The molecule has 1 rings (SSSR count). The highest BCUT2D eigenvalue weighted by atomic mass is 32.2. The summed E-state index contributed by atoms with van der Waals surface area (Å²) >= 11 is 0. The first-order valence-electron chi connectivity index (χ1n) is 5.84. The van der Waals surface area contributed by atoms with E-state index < -0.39 is 16.0 Å². The zero-order valence-electron chi connectivity index (χ0n) is 10.3. The van der Waals surface area contributed by atoms with Gasteiger partial charge in [-0.3, -0.25) is 9.00 Å². The maximum absolute atomic E-state index is 12.0. The van der Waals surface area contributed by atoms with E-state index >= 15 is 0 Å². The van der Waals surface area contributed by atoms with Gasteiger partial charge in [0, 0.05) is 23.1 Å². The van der Waals surface area contributed by atoms with E-state index in [2.05, 4.69) is 5.32 Å². The minimum Gasteiger partial charge on any atom is -0.355 e. The van der Waals surface area contributed by atoms with Crippen molar-refractivity contribution >= 4 is 16.7 Å². The number of hydrogen-bond donors (Lipinski definition) is 1. The summed E-state index contributed by atoms with van der Waals surface area (Å²) in [7, 11) is -1.16. The molecule has 0 aliphatic carbocycles. The Morgan fingerprint density at radius 2 is 2.00 bits per heavy atom. The smallest absolute Gasteiger partial charge is 0.235 e. The molecule has 0 unspecified atom stereocenters. The van der Waals surface area contributed by atoms with E-state index in [-0.39, 0.29) is 5.91 Å². The molecule has 1 aromatic rings. The van der Waals surface area contributed by atoms with E-state index in [4.69, 9.17) is 0 Å². The molecule has 94 valence electrons. The highest BCUT2D eigenvalue weighted by Gasteiger charge is 2.19. The SMILES string of the molecule is CCCNC(=O)[C@H](C)[S@](=O)Cc1ccccc1. The average molecular weight is 253 g/mol. The van der Waals surface area contributed by atoms with Crippen LogP contribution < -0.4 is 5.32 Å². The van der Waals surface area contributed by atoms with Gasteiger partial charge in [0.1, 0.15) is 5.25 Å². The molecule has 1 amide bonds. The van der Waals surface area contributed by atoms with Crippen molar-refractivity contribution < 1.29 is 9.00 Å². The van der Waals surface area contributed by atoms with E-state index in [1.54, 1.807) is 6.92 Å². The van der Waals surface area contributed by atoms with Crippen LogP contribution in [0.3, 0.4) is 0 Å². The van der Waals surface area contributed by atoms with Gasteiger partial charge in [-0.2, -0.15) is 0 Å². The fraction of sp³-hybridized carbons (Fsp3) is 0.462. The van der Waals surface area contributed by atoms with Gasteiger partial charge in [-0.25, -0.2) is 0 Å². The van der Waals surface area contributed by atoms with Crippen LogP contribution >= 0.6 is 0 Å². The second kappa shape index (κ2) is 7.22. The van der Waals surface area contributed by atoms with Crippen molar-refractivity contribution in [2.45, 2.75) is 31.3 Å². The van der Waals surface area contributed by atoms with Crippen molar-refractivity contribution in [2.75, 3.05) is 6.54 Å². The van der Waals surface area contributed by atoms with E-state index in [0.717, 1.165) is 12.0 Å². The van der Waals surface area contributed by atoms with E-state index in [9.17, 15) is 9.00 Å². The number of benzene rings is 1. The number of carbonyl (C=O) groups excluding carboxylic acids is 1. The Balaban J connectivity index is 2.50. The number of carbonyl (C=O) groups is 1. The fourth-order valence-electron chi connectivity index (χ4n) is 1.37. The Kier molecular flexibility index (Phi) is 5.91. The molecule has 4 heteroatoms. The molecule has 0 aliphatic rings. The largest absolute Gasteiger partial charge is 0.355 e. The van der Waals surface area contributed by atoms with Crippen molar-refractivity contribution in [3.8, 4) is 0 Å². The van der Waals surface area contributed by atoms with Crippen molar-refractivity contribution in [3.63, 3.8) is 0 Å². The zero-order valence-corrected chi connectivity index (χ0v) is 11.1. The number of amides is 1. The molecule has 0 saturated carbocycles. The van der Waals surface area contributed by atoms with Crippen molar-refractivity contribution in [2.24, 2.45) is 0 Å². The average Bonchev–Trinajstić information content (AvgIpc) is 2.36. The normalized spacial score (nSPS) is 14.0. The van der Waals surface area contributed by atoms with Crippen molar-refractivity contribution in [1.29, 1.82) is 0 Å². The lowest BCUT2D eigenvalue weighted by molar-refractivity contribution is -0.120. The van der Waals surface area contributed by atoms with Crippen LogP contribution in [0.25, 0.3) is 0 Å². The van der Waals surface area contributed by atoms with Crippen LogP contribution in [0.1, 0.15) is 25.8 Å². The topological polar surface area (TPSA) is 46.2 Å². The van der Waals surface area contributed by atoms with Gasteiger partial charge in [-0.1, -0.05) is 37.3 Å². The molecule has 17 heavy (non-hydrogen) atoms. The molecule has 0 saturated heterocycles. The van der Waals surface area contributed by atoms with Crippen molar-refractivity contribution in [3.05, 3.63) is 35.9 Å². The molecule has 0 heterocycles. The maximum Gasteiger partial charge on any atom is 0.235 e. The van der Waals surface area contributed by atoms with Gasteiger partial charge in [0.15, 0.2) is 0 Å². The minimum atomic E-state index is -1.16. The number of hydrogen-bond acceptors (Lipinski definition) is 2. The third-order valence-electron chi connectivity index (χ3n) is 2.46. The van der Waals surface area contributed by atoms with Gasteiger partial charge >= 0.3 is 0 Å². The molecule has 3 nitrogen and oxygen atoms in total. The van der Waals surface area contributed by atoms with Crippen LogP contribution in [0.5, 0.6) is 0 Å². The first-order chi connectivity index (χ1) is 8.15. The summed E-state index contributed by atoms with van der Waals surface area (Å²) < 4.78 is 12.0. The van der Waals surface area contributed by atoms with Gasteiger partial charge in [-0.15, -0.1) is 0 Å². The summed E-state index contributed by atoms with van der Waals surface area (Å²) in [5.74, 6) is 0.308. The summed E-state index contributed by atoms with van der Waals surface area (Å²) in [6.07, 6.45) is 0.893. The predicted molar refractivity (Wildman–Crippen MR) is 71.1 cm³/mol. The Morgan fingerprint density at radius 3 is 2.59 bits per heavy atom. The quantitative estimate of drug-likeness (QED) is 0.841. The number of nitrogens with one attached hydrogen (secondary N) is 1. The molecule has 0 radical (unpaired) electrons. The van der Waals surface area contributed by atoms with Gasteiger partial charge in [0.05, 0.1) is 0 Å². The molecular formula is C13H19NO2S. The van der Waals surface area contributed by atoms with Gasteiger partial charge < -0.3 is 5.32 Å². The molecule has 0 aliphatic heterocycles. The highest BCUT2D eigenvalue weighted by Crippen LogP contribution is 2.07. The Bertz CT molecular complexity index is 378. The molecule has 0 bridgehead atoms. The van der Waals surface area contributed by atoms with Crippen molar-refractivity contribution in [1.82, 2.24) is 5.32 Å². The molecule has 1 aromatic carbocycles. The third-order valence-corrected chi connectivity index (χ3v) is 4.09. The zero-order chi connectivity index (χ0) is 12.7. The lowest BCUT2D eigenvalue weighted by Gasteiger charge is -2.11. The summed E-state index contributed by atoms with van der Waals surface area (Å²) in [6.45, 7) is 4.35. The van der Waals surface area contributed by atoms with Gasteiger partial charge in [0.2, 0.25) is 5.91 Å². The third kappa shape index (κ3) is 4.69. The highest BCUT2D eigenvalue weighted by molar-refractivity contribution is 7.85. The summed E-state index contributed by atoms with van der Waals surface area (Å²) in [6, 6.07) is 9.59. The molecule has 2 atom stereocenters. The number of rotatable bonds is 6. The van der Waals surface area contributed by atoms with Crippen LogP contribution in [0, 0.1) is 0 Å². The molecular weight excluding hydrogens is 234 g/mol.